The first kappa shape index (κ1) is 71.0. The van der Waals surface area contributed by atoms with Crippen LogP contribution in [0.2, 0.25) is 0 Å². The van der Waals surface area contributed by atoms with Crippen molar-refractivity contribution in [3.8, 4) is 0 Å². The van der Waals surface area contributed by atoms with E-state index in [0.717, 1.165) is 161 Å². The molecular formula is C63H110O12. The Morgan fingerprint density at radius 3 is 0.893 bits per heavy atom. The lowest BCUT2D eigenvalue weighted by atomic mass is 10.1. The number of ether oxygens (including phenoxy) is 6. The van der Waals surface area contributed by atoms with Gasteiger partial charge in [0.2, 0.25) is 0 Å². The number of carbonyl (C=O) groups is 6. The van der Waals surface area contributed by atoms with Crippen molar-refractivity contribution in [1.29, 1.82) is 0 Å². The van der Waals surface area contributed by atoms with Gasteiger partial charge in [0.15, 0.2) is 6.10 Å². The topological polar surface area (TPSA) is 158 Å². The fourth-order valence-corrected chi connectivity index (χ4v) is 8.94. The lowest BCUT2D eigenvalue weighted by molar-refractivity contribution is -0.167. The second-order valence-electron chi connectivity index (χ2n) is 20.8. The summed E-state index contributed by atoms with van der Waals surface area (Å²) in [4.78, 5) is 73.0. The zero-order chi connectivity index (χ0) is 55.3. The quantitative estimate of drug-likeness (QED) is 0.0246. The van der Waals surface area contributed by atoms with Crippen LogP contribution in [-0.4, -0.2) is 73.4 Å². The molecule has 0 N–H and O–H groups in total. The van der Waals surface area contributed by atoms with Crippen molar-refractivity contribution in [1.82, 2.24) is 0 Å². The van der Waals surface area contributed by atoms with Crippen molar-refractivity contribution in [3.63, 3.8) is 0 Å². The van der Waals surface area contributed by atoms with E-state index >= 15 is 0 Å². The van der Waals surface area contributed by atoms with Gasteiger partial charge < -0.3 is 28.4 Å². The first-order chi connectivity index (χ1) is 36.4. The van der Waals surface area contributed by atoms with Gasteiger partial charge in [-0.05, 0) is 96.3 Å². The van der Waals surface area contributed by atoms with Gasteiger partial charge >= 0.3 is 35.8 Å². The molecule has 0 aromatic rings. The molecule has 434 valence electrons. The van der Waals surface area contributed by atoms with Crippen LogP contribution >= 0.6 is 0 Å². The molecule has 0 aliphatic rings. The molecule has 0 spiro atoms. The van der Waals surface area contributed by atoms with Crippen LogP contribution < -0.4 is 0 Å². The summed E-state index contributed by atoms with van der Waals surface area (Å²) < 4.78 is 33.4. The Morgan fingerprint density at radius 1 is 0.307 bits per heavy atom. The van der Waals surface area contributed by atoms with Crippen molar-refractivity contribution in [3.05, 3.63) is 36.5 Å². The monoisotopic (exact) mass is 1060 g/mol. The molecule has 0 amide bonds. The van der Waals surface area contributed by atoms with E-state index < -0.39 is 12.1 Å². The standard InChI is InChI=1S/C63H110O12/c1-7-10-13-34-43-57(72-54(4)64)46-37-28-22-16-19-25-31-40-49-61(67)70-52-60(75-63(69)51-42-33-27-21-18-24-30-39-48-59(74-56(6)66)45-36-15-12-9-3)53-71-62(68)50-41-32-26-20-17-23-29-38-47-58(73-55(5)65)44-35-14-11-8-2/h28-30,37-39,57-60H,7-27,31-36,40-53H2,1-6H3/b37-28-,38-29-,39-30-/t57-,58-,59-/m1/s1. The van der Waals surface area contributed by atoms with Crippen LogP contribution in [0.15, 0.2) is 36.5 Å². The largest absolute Gasteiger partial charge is 0.462 e. The molecule has 0 radical (unpaired) electrons. The van der Waals surface area contributed by atoms with Crippen molar-refractivity contribution in [2.75, 3.05) is 13.2 Å². The maximum Gasteiger partial charge on any atom is 0.306 e. The minimum Gasteiger partial charge on any atom is -0.462 e. The Hall–Kier alpha value is -3.96. The Labute approximate surface area is 457 Å². The van der Waals surface area contributed by atoms with Crippen LogP contribution in [0.3, 0.4) is 0 Å². The van der Waals surface area contributed by atoms with Crippen LogP contribution in [0.1, 0.15) is 292 Å². The molecule has 0 aliphatic carbocycles. The fourth-order valence-electron chi connectivity index (χ4n) is 8.94. The van der Waals surface area contributed by atoms with E-state index in [1.54, 1.807) is 0 Å². The maximum absolute atomic E-state index is 12.9. The highest BCUT2D eigenvalue weighted by Gasteiger charge is 2.20. The van der Waals surface area contributed by atoms with Gasteiger partial charge in [0.05, 0.1) is 0 Å². The lowest BCUT2D eigenvalue weighted by Gasteiger charge is -2.18. The minimum atomic E-state index is -0.870. The summed E-state index contributed by atoms with van der Waals surface area (Å²) in [5.74, 6) is -1.78. The summed E-state index contributed by atoms with van der Waals surface area (Å²) in [7, 11) is 0. The number of esters is 6. The van der Waals surface area contributed by atoms with Gasteiger partial charge in [0.1, 0.15) is 31.5 Å². The van der Waals surface area contributed by atoms with Crippen LogP contribution in [0, 0.1) is 0 Å². The first-order valence-electron chi connectivity index (χ1n) is 30.4. The van der Waals surface area contributed by atoms with Gasteiger partial charge in [-0.2, -0.15) is 0 Å². The second kappa shape index (κ2) is 53.4. The zero-order valence-electron chi connectivity index (χ0n) is 48.7. The summed E-state index contributed by atoms with van der Waals surface area (Å²) in [6.07, 6.45) is 48.6. The summed E-state index contributed by atoms with van der Waals surface area (Å²) in [5, 5.41) is 0. The molecule has 0 heterocycles. The highest BCUT2D eigenvalue weighted by molar-refractivity contribution is 5.71. The van der Waals surface area contributed by atoms with Gasteiger partial charge in [-0.25, -0.2) is 0 Å². The smallest absolute Gasteiger partial charge is 0.306 e. The molecule has 75 heavy (non-hydrogen) atoms. The Bertz CT molecular complexity index is 1430. The second-order valence-corrected chi connectivity index (χ2v) is 20.8. The molecule has 0 rings (SSSR count). The SMILES string of the molecule is CCCCCC[C@H](C/C=C\CCCCCCCC(=O)OCC(COC(=O)CCCCCCC/C=C\C[C@@H](CCCCCC)OC(C)=O)OC(=O)CCCCCCC/C=C\C[C@@H](CCCCCC)OC(C)=O)OC(C)=O. The molecule has 0 bridgehead atoms. The van der Waals surface area contributed by atoms with E-state index in [0.29, 0.717) is 19.3 Å². The lowest BCUT2D eigenvalue weighted by Crippen LogP contribution is -2.30. The van der Waals surface area contributed by atoms with Gasteiger partial charge in [-0.15, -0.1) is 0 Å². The van der Waals surface area contributed by atoms with E-state index in [9.17, 15) is 28.8 Å². The molecule has 0 aromatic carbocycles. The maximum atomic E-state index is 12.9. The average Bonchev–Trinajstić information content (AvgIpc) is 3.37. The third kappa shape index (κ3) is 51.9. The number of hydrogen-bond donors (Lipinski definition) is 0. The third-order valence-corrected chi connectivity index (χ3v) is 13.2. The van der Waals surface area contributed by atoms with Crippen LogP contribution in [0.4, 0.5) is 0 Å². The molecule has 3 atom stereocenters. The molecule has 12 nitrogen and oxygen atoms in total. The first-order valence-corrected chi connectivity index (χ1v) is 30.4. The van der Waals surface area contributed by atoms with E-state index in [1.807, 2.05) is 0 Å². The number of rotatable bonds is 53. The van der Waals surface area contributed by atoms with Crippen molar-refractivity contribution in [2.45, 2.75) is 316 Å². The van der Waals surface area contributed by atoms with Gasteiger partial charge in [-0.1, -0.05) is 173 Å². The van der Waals surface area contributed by atoms with E-state index in [1.165, 1.54) is 72.1 Å². The zero-order valence-corrected chi connectivity index (χ0v) is 48.7. The Kier molecular flexibility index (Phi) is 50.6. The molecule has 0 saturated heterocycles. The summed E-state index contributed by atoms with van der Waals surface area (Å²) in [6, 6.07) is 0. The predicted molar refractivity (Wildman–Crippen MR) is 303 cm³/mol. The summed E-state index contributed by atoms with van der Waals surface area (Å²) >= 11 is 0. The number of unbranched alkanes of at least 4 members (excludes halogenated alkanes) is 24. The Balaban J connectivity index is 4.79. The van der Waals surface area contributed by atoms with Crippen molar-refractivity contribution < 1.29 is 57.2 Å². The Morgan fingerprint density at radius 2 is 0.587 bits per heavy atom. The minimum absolute atomic E-state index is 0.0489. The predicted octanol–water partition coefficient (Wildman–Crippen LogP) is 16.7. The summed E-state index contributed by atoms with van der Waals surface area (Å²) in [6.45, 7) is 10.7. The van der Waals surface area contributed by atoms with Crippen LogP contribution in [-0.2, 0) is 57.2 Å². The van der Waals surface area contributed by atoms with E-state index in [4.69, 9.17) is 28.4 Å². The fraction of sp³-hybridized carbons (Fsp3) is 0.810. The van der Waals surface area contributed by atoms with E-state index in [-0.39, 0.29) is 80.6 Å². The average molecular weight is 1060 g/mol. The normalized spacial score (nSPS) is 12.8. The van der Waals surface area contributed by atoms with Gasteiger partial charge in [0, 0.05) is 59.3 Å². The van der Waals surface area contributed by atoms with Crippen LogP contribution in [0.25, 0.3) is 0 Å². The third-order valence-electron chi connectivity index (χ3n) is 13.2. The molecule has 12 heteroatoms. The molecular weight excluding hydrogens is 949 g/mol. The van der Waals surface area contributed by atoms with Crippen LogP contribution in [0.5, 0.6) is 0 Å². The molecule has 0 aliphatic heterocycles. The number of hydrogen-bond acceptors (Lipinski definition) is 12. The van der Waals surface area contributed by atoms with Gasteiger partial charge in [0.25, 0.3) is 0 Å². The van der Waals surface area contributed by atoms with Crippen molar-refractivity contribution in [2.24, 2.45) is 0 Å². The highest BCUT2D eigenvalue weighted by atomic mass is 16.6. The summed E-state index contributed by atoms with van der Waals surface area (Å²) in [5.41, 5.74) is 0. The highest BCUT2D eigenvalue weighted by Crippen LogP contribution is 2.18. The number of allylic oxidation sites excluding steroid dienone is 3. The molecule has 0 fully saturated rings. The van der Waals surface area contributed by atoms with Crippen molar-refractivity contribution >= 4 is 35.8 Å². The number of carbonyl (C=O) groups excluding carboxylic acids is 6. The van der Waals surface area contributed by atoms with E-state index in [2.05, 4.69) is 57.2 Å². The molecule has 0 aromatic heterocycles. The molecule has 0 saturated carbocycles. The van der Waals surface area contributed by atoms with Gasteiger partial charge in [-0.3, -0.25) is 28.8 Å². The molecule has 0 unspecified atom stereocenters.